The van der Waals surface area contributed by atoms with Crippen LogP contribution >= 0.6 is 11.6 Å². The summed E-state index contributed by atoms with van der Waals surface area (Å²) in [7, 11) is 0. The second kappa shape index (κ2) is 6.18. The predicted octanol–water partition coefficient (Wildman–Crippen LogP) is 2.15. The van der Waals surface area contributed by atoms with E-state index in [1.54, 1.807) is 30.3 Å². The summed E-state index contributed by atoms with van der Waals surface area (Å²) in [6.45, 7) is 0.204. The second-order valence-corrected chi connectivity index (χ2v) is 5.52. The van der Waals surface area contributed by atoms with E-state index < -0.39 is 5.76 Å². The normalized spacial score (nSPS) is 10.8. The van der Waals surface area contributed by atoms with E-state index in [2.05, 4.69) is 5.32 Å². The molecule has 0 spiro atoms. The van der Waals surface area contributed by atoms with Gasteiger partial charge in [0.05, 0.1) is 5.52 Å². The van der Waals surface area contributed by atoms with Gasteiger partial charge in [0.2, 0.25) is 5.91 Å². The van der Waals surface area contributed by atoms with Crippen LogP contribution in [0.3, 0.4) is 0 Å². The molecule has 0 atom stereocenters. The summed E-state index contributed by atoms with van der Waals surface area (Å²) in [4.78, 5) is 23.9. The van der Waals surface area contributed by atoms with Gasteiger partial charge in [-0.15, -0.1) is 0 Å². The number of rotatable bonds is 4. The zero-order valence-electron chi connectivity index (χ0n) is 12.1. The average molecular weight is 332 g/mol. The quantitative estimate of drug-likeness (QED) is 0.717. The Hall–Kier alpha value is -2.73. The molecule has 0 aliphatic heterocycles. The van der Waals surface area contributed by atoms with Crippen molar-refractivity contribution in [2.45, 2.75) is 13.1 Å². The van der Waals surface area contributed by atoms with Gasteiger partial charge in [-0.2, -0.15) is 0 Å². The monoisotopic (exact) mass is 331 g/mol. The Morgan fingerprint density at radius 3 is 2.87 bits per heavy atom. The number of benzene rings is 2. The number of anilines is 1. The third kappa shape index (κ3) is 3.37. The van der Waals surface area contributed by atoms with E-state index in [1.807, 2.05) is 12.1 Å². The molecule has 1 aromatic heterocycles. The molecule has 0 unspecified atom stereocenters. The molecule has 0 aliphatic rings. The van der Waals surface area contributed by atoms with Gasteiger partial charge >= 0.3 is 5.76 Å². The van der Waals surface area contributed by atoms with E-state index >= 15 is 0 Å². The first kappa shape index (κ1) is 15.2. The first-order chi connectivity index (χ1) is 11.0. The lowest BCUT2D eigenvalue weighted by Crippen LogP contribution is -2.30. The minimum absolute atomic E-state index is 0.129. The number of hydrogen-bond acceptors (Lipinski definition) is 4. The summed E-state index contributed by atoms with van der Waals surface area (Å²) in [6, 6.07) is 12.1. The molecule has 23 heavy (non-hydrogen) atoms. The van der Waals surface area contributed by atoms with Crippen LogP contribution in [-0.4, -0.2) is 10.5 Å². The fourth-order valence-electron chi connectivity index (χ4n) is 2.29. The van der Waals surface area contributed by atoms with Crippen LogP contribution in [0, 0.1) is 0 Å². The number of nitrogens with two attached hydrogens (primary N) is 1. The number of amides is 1. The van der Waals surface area contributed by atoms with Crippen LogP contribution in [0.5, 0.6) is 0 Å². The molecule has 3 N–H and O–H groups in total. The maximum Gasteiger partial charge on any atom is 0.420 e. The Kier molecular flexibility index (Phi) is 4.08. The number of nitrogen functional groups attached to an aromatic ring is 1. The number of fused-ring (bicyclic) bond motifs is 1. The standard InChI is InChI=1S/C16H14ClN3O3/c17-11-4-5-13-14(7-11)23-16(22)20(13)9-15(21)19-8-10-2-1-3-12(18)6-10/h1-7H,8-9,18H2,(H,19,21). The van der Waals surface area contributed by atoms with E-state index in [4.69, 9.17) is 21.8 Å². The van der Waals surface area contributed by atoms with Crippen molar-refractivity contribution in [1.29, 1.82) is 0 Å². The van der Waals surface area contributed by atoms with Gasteiger partial charge in [-0.25, -0.2) is 4.79 Å². The van der Waals surface area contributed by atoms with Crippen LogP contribution < -0.4 is 16.8 Å². The molecule has 2 aromatic carbocycles. The minimum atomic E-state index is -0.596. The molecule has 1 amide bonds. The van der Waals surface area contributed by atoms with Gasteiger partial charge in [-0.3, -0.25) is 9.36 Å². The van der Waals surface area contributed by atoms with E-state index in [-0.39, 0.29) is 12.5 Å². The third-order valence-corrected chi connectivity index (χ3v) is 3.61. The lowest BCUT2D eigenvalue weighted by atomic mass is 10.2. The van der Waals surface area contributed by atoms with E-state index in [0.29, 0.717) is 28.4 Å². The highest BCUT2D eigenvalue weighted by molar-refractivity contribution is 6.31. The van der Waals surface area contributed by atoms with Crippen molar-refractivity contribution in [3.8, 4) is 0 Å². The number of halogens is 1. The Balaban J connectivity index is 1.73. The fraction of sp³-hybridized carbons (Fsp3) is 0.125. The number of hydrogen-bond donors (Lipinski definition) is 2. The second-order valence-electron chi connectivity index (χ2n) is 5.09. The number of oxazole rings is 1. The molecule has 0 bridgehead atoms. The van der Waals surface area contributed by atoms with Crippen LogP contribution in [0.25, 0.3) is 11.1 Å². The van der Waals surface area contributed by atoms with Crippen LogP contribution in [0.4, 0.5) is 5.69 Å². The van der Waals surface area contributed by atoms with Gasteiger partial charge in [0, 0.05) is 23.3 Å². The molecule has 118 valence electrons. The highest BCUT2D eigenvalue weighted by atomic mass is 35.5. The van der Waals surface area contributed by atoms with Crippen molar-refractivity contribution >= 4 is 34.3 Å². The Morgan fingerprint density at radius 2 is 2.09 bits per heavy atom. The van der Waals surface area contributed by atoms with Gasteiger partial charge in [0.1, 0.15) is 6.54 Å². The number of carbonyl (C=O) groups excluding carboxylic acids is 1. The first-order valence-electron chi connectivity index (χ1n) is 6.93. The van der Waals surface area contributed by atoms with Gasteiger partial charge in [0.15, 0.2) is 5.58 Å². The maximum atomic E-state index is 12.1. The summed E-state index contributed by atoms with van der Waals surface area (Å²) in [5.74, 6) is -0.895. The zero-order valence-corrected chi connectivity index (χ0v) is 12.8. The van der Waals surface area contributed by atoms with Crippen molar-refractivity contribution in [2.75, 3.05) is 5.73 Å². The third-order valence-electron chi connectivity index (χ3n) is 3.37. The van der Waals surface area contributed by atoms with Crippen molar-refractivity contribution in [2.24, 2.45) is 0 Å². The number of nitrogens with one attached hydrogen (secondary N) is 1. The summed E-state index contributed by atoms with van der Waals surface area (Å²) >= 11 is 5.86. The van der Waals surface area contributed by atoms with Gasteiger partial charge < -0.3 is 15.5 Å². The minimum Gasteiger partial charge on any atom is -0.408 e. The van der Waals surface area contributed by atoms with Crippen LogP contribution in [0.2, 0.25) is 5.02 Å². The summed E-state index contributed by atoms with van der Waals surface area (Å²) < 4.78 is 6.35. The smallest absolute Gasteiger partial charge is 0.408 e. The van der Waals surface area contributed by atoms with E-state index in [0.717, 1.165) is 5.56 Å². The topological polar surface area (TPSA) is 90.3 Å². The lowest BCUT2D eigenvalue weighted by molar-refractivity contribution is -0.121. The van der Waals surface area contributed by atoms with E-state index in [1.165, 1.54) is 4.57 Å². The Bertz CT molecular complexity index is 930. The molecule has 7 heteroatoms. The first-order valence-corrected chi connectivity index (χ1v) is 7.31. The Morgan fingerprint density at radius 1 is 1.26 bits per heavy atom. The van der Waals surface area contributed by atoms with Gasteiger partial charge in [-0.1, -0.05) is 23.7 Å². The SMILES string of the molecule is Nc1cccc(CNC(=O)Cn2c(=O)oc3cc(Cl)ccc32)c1. The van der Waals surface area contributed by atoms with Crippen molar-refractivity contribution in [1.82, 2.24) is 9.88 Å². The molecule has 0 saturated carbocycles. The molecular formula is C16H14ClN3O3. The molecular weight excluding hydrogens is 318 g/mol. The zero-order chi connectivity index (χ0) is 16.4. The lowest BCUT2D eigenvalue weighted by Gasteiger charge is -2.06. The summed E-state index contributed by atoms with van der Waals surface area (Å²) in [5, 5.41) is 3.21. The van der Waals surface area contributed by atoms with Crippen molar-refractivity contribution < 1.29 is 9.21 Å². The fourth-order valence-corrected chi connectivity index (χ4v) is 2.46. The molecule has 0 radical (unpaired) electrons. The molecule has 3 aromatic rings. The molecule has 0 saturated heterocycles. The Labute approximate surface area is 136 Å². The van der Waals surface area contributed by atoms with Crippen LogP contribution in [-0.2, 0) is 17.9 Å². The highest BCUT2D eigenvalue weighted by Gasteiger charge is 2.12. The predicted molar refractivity (Wildman–Crippen MR) is 88.2 cm³/mol. The highest BCUT2D eigenvalue weighted by Crippen LogP contribution is 2.18. The molecule has 0 fully saturated rings. The molecule has 0 aliphatic carbocycles. The van der Waals surface area contributed by atoms with E-state index in [9.17, 15) is 9.59 Å². The average Bonchev–Trinajstić information content (AvgIpc) is 2.80. The molecule has 3 rings (SSSR count). The van der Waals surface area contributed by atoms with Gasteiger partial charge in [-0.05, 0) is 29.8 Å². The molecule has 6 nitrogen and oxygen atoms in total. The van der Waals surface area contributed by atoms with Crippen molar-refractivity contribution in [3.63, 3.8) is 0 Å². The van der Waals surface area contributed by atoms with Crippen LogP contribution in [0.1, 0.15) is 5.56 Å². The number of carbonyl (C=O) groups is 1. The largest absolute Gasteiger partial charge is 0.420 e. The summed E-state index contributed by atoms with van der Waals surface area (Å²) in [5.41, 5.74) is 8.08. The summed E-state index contributed by atoms with van der Waals surface area (Å²) in [6.07, 6.45) is 0. The van der Waals surface area contributed by atoms with Crippen LogP contribution in [0.15, 0.2) is 51.7 Å². The van der Waals surface area contributed by atoms with Gasteiger partial charge in [0.25, 0.3) is 0 Å². The number of aromatic nitrogens is 1. The molecule has 1 heterocycles. The number of nitrogens with zero attached hydrogens (tertiary/aromatic N) is 1. The van der Waals surface area contributed by atoms with Crippen molar-refractivity contribution in [3.05, 3.63) is 63.6 Å². The maximum absolute atomic E-state index is 12.1.